The van der Waals surface area contributed by atoms with Crippen LogP contribution in [0.15, 0.2) is 30.3 Å². The molecule has 1 aromatic carbocycles. The maximum Gasteiger partial charge on any atom is 0.0478 e. The van der Waals surface area contributed by atoms with Gasteiger partial charge in [0.15, 0.2) is 0 Å². The molecule has 70 valence electrons. The molecule has 0 N–H and O–H groups in total. The summed E-state index contributed by atoms with van der Waals surface area (Å²) in [4.78, 5) is 0. The monoisotopic (exact) mass is 194 g/mol. The van der Waals surface area contributed by atoms with Crippen molar-refractivity contribution in [2.24, 2.45) is 0 Å². The lowest BCUT2D eigenvalue weighted by atomic mass is 10.2. The van der Waals surface area contributed by atoms with Crippen molar-refractivity contribution < 1.29 is 0 Å². The van der Waals surface area contributed by atoms with Gasteiger partial charge in [-0.1, -0.05) is 61.7 Å². The zero-order chi connectivity index (χ0) is 9.52. The molecule has 0 aromatic heterocycles. The minimum atomic E-state index is 0.829. The lowest BCUT2D eigenvalue weighted by Gasteiger charge is -1.95. The first-order valence-corrected chi connectivity index (χ1v) is 5.13. The minimum Gasteiger partial charge on any atom is -0.0839 e. The average molecular weight is 195 g/mol. The Morgan fingerprint density at radius 1 is 1.31 bits per heavy atom. The van der Waals surface area contributed by atoms with Crippen LogP contribution in [0, 0.1) is 0 Å². The predicted molar refractivity (Wildman–Crippen MR) is 60.0 cm³/mol. The number of unbranched alkanes of at least 4 members (excludes halogenated alkanes) is 2. The van der Waals surface area contributed by atoms with E-state index >= 15 is 0 Å². The Hall–Kier alpha value is -0.750. The van der Waals surface area contributed by atoms with Gasteiger partial charge in [0.2, 0.25) is 0 Å². The van der Waals surface area contributed by atoms with Crippen LogP contribution in [0.4, 0.5) is 0 Å². The van der Waals surface area contributed by atoms with E-state index in [-0.39, 0.29) is 0 Å². The van der Waals surface area contributed by atoms with Crippen LogP contribution in [0.1, 0.15) is 31.7 Å². The van der Waals surface area contributed by atoms with Crippen molar-refractivity contribution in [2.45, 2.75) is 26.2 Å². The second-order valence-electron chi connectivity index (χ2n) is 3.07. The van der Waals surface area contributed by atoms with Crippen LogP contribution < -0.4 is 0 Å². The van der Waals surface area contributed by atoms with E-state index in [1.165, 1.54) is 12.8 Å². The highest BCUT2D eigenvalue weighted by Crippen LogP contribution is 2.16. The van der Waals surface area contributed by atoms with Crippen LogP contribution in [0.2, 0.25) is 5.02 Å². The number of benzene rings is 1. The summed E-state index contributed by atoms with van der Waals surface area (Å²) in [6.45, 7) is 2.20. The Bertz CT molecular complexity index is 276. The molecule has 0 atom stereocenters. The molecular formula is C12H15Cl. The van der Waals surface area contributed by atoms with Gasteiger partial charge in [0.05, 0.1) is 0 Å². The van der Waals surface area contributed by atoms with Gasteiger partial charge in [-0.15, -0.1) is 0 Å². The molecule has 0 saturated heterocycles. The fourth-order valence-electron chi connectivity index (χ4n) is 1.14. The van der Waals surface area contributed by atoms with E-state index in [4.69, 9.17) is 11.6 Å². The van der Waals surface area contributed by atoms with E-state index in [0.29, 0.717) is 0 Å². The third-order valence-electron chi connectivity index (χ3n) is 1.93. The summed E-state index contributed by atoms with van der Waals surface area (Å²) in [7, 11) is 0. The van der Waals surface area contributed by atoms with Crippen molar-refractivity contribution in [3.05, 3.63) is 40.9 Å². The fraction of sp³-hybridized carbons (Fsp3) is 0.333. The highest BCUT2D eigenvalue weighted by atomic mass is 35.5. The fourth-order valence-corrected chi connectivity index (χ4v) is 1.34. The smallest absolute Gasteiger partial charge is 0.0478 e. The summed E-state index contributed by atoms with van der Waals surface area (Å²) in [6.07, 6.45) is 7.91. The summed E-state index contributed by atoms with van der Waals surface area (Å²) in [5.41, 5.74) is 1.11. The van der Waals surface area contributed by atoms with Gasteiger partial charge in [-0.05, 0) is 18.1 Å². The Morgan fingerprint density at radius 2 is 2.08 bits per heavy atom. The van der Waals surface area contributed by atoms with Crippen LogP contribution in [-0.2, 0) is 0 Å². The molecule has 1 rings (SSSR count). The standard InChI is InChI=1S/C12H15Cl/c1-2-3-4-5-8-11-9-6-7-10-12(11)13/h5-10H,2-4H2,1H3/b8-5+. The molecule has 0 fully saturated rings. The Balaban J connectivity index is 2.53. The van der Waals surface area contributed by atoms with Crippen LogP contribution in [0.3, 0.4) is 0 Å². The normalized spacial score (nSPS) is 10.9. The van der Waals surface area contributed by atoms with E-state index in [0.717, 1.165) is 17.0 Å². The minimum absolute atomic E-state index is 0.829. The van der Waals surface area contributed by atoms with E-state index in [2.05, 4.69) is 19.1 Å². The van der Waals surface area contributed by atoms with Gasteiger partial charge in [-0.2, -0.15) is 0 Å². The average Bonchev–Trinajstić information content (AvgIpc) is 2.15. The van der Waals surface area contributed by atoms with Crippen molar-refractivity contribution in [3.8, 4) is 0 Å². The van der Waals surface area contributed by atoms with Gasteiger partial charge >= 0.3 is 0 Å². The van der Waals surface area contributed by atoms with Gasteiger partial charge in [-0.25, -0.2) is 0 Å². The first-order valence-electron chi connectivity index (χ1n) is 4.75. The van der Waals surface area contributed by atoms with E-state index < -0.39 is 0 Å². The molecule has 1 aromatic rings. The second-order valence-corrected chi connectivity index (χ2v) is 3.47. The molecule has 0 saturated carbocycles. The van der Waals surface area contributed by atoms with Gasteiger partial charge in [-0.3, -0.25) is 0 Å². The van der Waals surface area contributed by atoms with Crippen molar-refractivity contribution in [1.29, 1.82) is 0 Å². The number of allylic oxidation sites excluding steroid dienone is 1. The largest absolute Gasteiger partial charge is 0.0839 e. The van der Waals surface area contributed by atoms with Gasteiger partial charge in [0.1, 0.15) is 0 Å². The van der Waals surface area contributed by atoms with Crippen molar-refractivity contribution in [1.82, 2.24) is 0 Å². The summed E-state index contributed by atoms with van der Waals surface area (Å²) >= 11 is 5.99. The first-order chi connectivity index (χ1) is 6.34. The quantitative estimate of drug-likeness (QED) is 0.618. The van der Waals surface area contributed by atoms with Gasteiger partial charge in [0, 0.05) is 5.02 Å². The Morgan fingerprint density at radius 3 is 2.77 bits per heavy atom. The molecule has 0 bridgehead atoms. The molecule has 0 amide bonds. The van der Waals surface area contributed by atoms with Crippen LogP contribution in [0.5, 0.6) is 0 Å². The number of hydrogen-bond acceptors (Lipinski definition) is 0. The molecule has 0 heterocycles. The van der Waals surface area contributed by atoms with Crippen LogP contribution >= 0.6 is 11.6 Å². The molecule has 0 aliphatic rings. The van der Waals surface area contributed by atoms with Crippen molar-refractivity contribution >= 4 is 17.7 Å². The topological polar surface area (TPSA) is 0 Å². The molecule has 0 unspecified atom stereocenters. The maximum atomic E-state index is 5.99. The second kappa shape index (κ2) is 5.82. The third kappa shape index (κ3) is 3.65. The number of rotatable bonds is 4. The predicted octanol–water partition coefficient (Wildman–Crippen LogP) is 4.54. The lowest BCUT2D eigenvalue weighted by Crippen LogP contribution is -1.73. The number of halogens is 1. The molecule has 1 heteroatoms. The van der Waals surface area contributed by atoms with E-state index in [1.54, 1.807) is 0 Å². The zero-order valence-electron chi connectivity index (χ0n) is 7.96. The highest BCUT2D eigenvalue weighted by molar-refractivity contribution is 6.32. The Labute approximate surface area is 85.2 Å². The molecule has 0 radical (unpaired) electrons. The molecule has 0 aliphatic heterocycles. The summed E-state index contributed by atoms with van der Waals surface area (Å²) in [5.74, 6) is 0. The zero-order valence-corrected chi connectivity index (χ0v) is 8.72. The van der Waals surface area contributed by atoms with Crippen molar-refractivity contribution in [3.63, 3.8) is 0 Å². The van der Waals surface area contributed by atoms with Gasteiger partial charge in [0.25, 0.3) is 0 Å². The van der Waals surface area contributed by atoms with E-state index in [9.17, 15) is 0 Å². The van der Waals surface area contributed by atoms with Crippen LogP contribution in [0.25, 0.3) is 6.08 Å². The Kier molecular flexibility index (Phi) is 4.63. The third-order valence-corrected chi connectivity index (χ3v) is 2.27. The molecule has 0 nitrogen and oxygen atoms in total. The highest BCUT2D eigenvalue weighted by Gasteiger charge is 1.91. The summed E-state index contributed by atoms with van der Waals surface area (Å²) in [6, 6.07) is 7.91. The van der Waals surface area contributed by atoms with Gasteiger partial charge < -0.3 is 0 Å². The van der Waals surface area contributed by atoms with Crippen molar-refractivity contribution in [2.75, 3.05) is 0 Å². The summed E-state index contributed by atoms with van der Waals surface area (Å²) < 4.78 is 0. The van der Waals surface area contributed by atoms with E-state index in [1.807, 2.05) is 24.3 Å². The van der Waals surface area contributed by atoms with Crippen LogP contribution in [-0.4, -0.2) is 0 Å². The lowest BCUT2D eigenvalue weighted by molar-refractivity contribution is 0.816. The summed E-state index contributed by atoms with van der Waals surface area (Å²) in [5, 5.41) is 0.829. The first kappa shape index (κ1) is 10.3. The number of hydrogen-bond donors (Lipinski definition) is 0. The SMILES string of the molecule is CCCC/C=C/c1ccccc1Cl. The molecule has 0 spiro atoms. The molecule has 13 heavy (non-hydrogen) atoms. The molecular weight excluding hydrogens is 180 g/mol. The maximum absolute atomic E-state index is 5.99. The molecule has 0 aliphatic carbocycles.